The van der Waals surface area contributed by atoms with Gasteiger partial charge in [0.15, 0.2) is 5.75 Å². The first-order valence-corrected chi connectivity index (χ1v) is 20.7. The number of anilines is 4. The highest BCUT2D eigenvalue weighted by atomic mass is 19.4. The number of carbonyl (C=O) groups excluding carboxylic acids is 3. The lowest BCUT2D eigenvalue weighted by molar-refractivity contribution is -0.143. The average Bonchev–Trinajstić information content (AvgIpc) is 3.85. The molecule has 1 fully saturated rings. The van der Waals surface area contributed by atoms with Crippen molar-refractivity contribution < 1.29 is 68.5 Å². The molecule has 0 aliphatic carbocycles. The molecule has 0 saturated carbocycles. The number of para-hydroxylation sites is 3. The number of furan rings is 2. The normalized spacial score (nSPS) is 13.1. The molecule has 0 atom stereocenters. The summed E-state index contributed by atoms with van der Waals surface area (Å²) in [5, 5.41) is 0. The molecule has 5 heterocycles. The van der Waals surface area contributed by atoms with E-state index in [2.05, 4.69) is 19.9 Å². The van der Waals surface area contributed by atoms with Crippen molar-refractivity contribution in [3.63, 3.8) is 0 Å². The van der Waals surface area contributed by atoms with Crippen LogP contribution in [-0.4, -0.2) is 82.4 Å². The molecule has 68 heavy (non-hydrogen) atoms. The molecule has 4 aromatic heterocycles. The zero-order valence-corrected chi connectivity index (χ0v) is 36.3. The second-order valence-corrected chi connectivity index (χ2v) is 14.9. The van der Waals surface area contributed by atoms with Crippen LogP contribution in [0, 0.1) is 13.8 Å². The topological polar surface area (TPSA) is 179 Å². The molecule has 354 valence electrons. The monoisotopic (exact) mass is 948 g/mol. The Morgan fingerprint density at radius 3 is 1.72 bits per heavy atom. The Bertz CT molecular complexity index is 2980. The van der Waals surface area contributed by atoms with Crippen LogP contribution < -0.4 is 33.6 Å². The predicted octanol–water partition coefficient (Wildman–Crippen LogP) is 10.5. The number of alkyl halides is 6. The Balaban J connectivity index is 1.19. The van der Waals surface area contributed by atoms with Crippen molar-refractivity contribution in [3.8, 4) is 23.3 Å². The average molecular weight is 949 g/mol. The second kappa shape index (κ2) is 18.6. The van der Waals surface area contributed by atoms with Gasteiger partial charge in [0, 0.05) is 44.0 Å². The van der Waals surface area contributed by atoms with Crippen LogP contribution in [0.2, 0.25) is 0 Å². The number of amides is 4. The third kappa shape index (κ3) is 9.71. The molecule has 23 heteroatoms. The maximum atomic E-state index is 15.1. The number of ether oxygens (including phenoxy) is 4. The second-order valence-electron chi connectivity index (χ2n) is 14.9. The Hall–Kier alpha value is -8.11. The van der Waals surface area contributed by atoms with Gasteiger partial charge in [-0.3, -0.25) is 0 Å². The van der Waals surface area contributed by atoms with Gasteiger partial charge < -0.3 is 37.6 Å². The maximum Gasteiger partial charge on any atom is 0.431 e. The van der Waals surface area contributed by atoms with Crippen molar-refractivity contribution in [2.24, 2.45) is 0 Å². The van der Waals surface area contributed by atoms with Gasteiger partial charge in [-0.2, -0.15) is 41.2 Å². The minimum Gasteiger partial charge on any atom is -0.475 e. The van der Waals surface area contributed by atoms with Crippen molar-refractivity contribution >= 4 is 63.7 Å². The summed E-state index contributed by atoms with van der Waals surface area (Å²) in [6, 6.07) is 16.9. The highest BCUT2D eigenvalue weighted by Gasteiger charge is 2.40. The molecule has 7 aromatic rings. The molecule has 0 N–H and O–H groups in total. The van der Waals surface area contributed by atoms with E-state index in [4.69, 9.17) is 27.8 Å². The number of imide groups is 1. The number of fused-ring (bicyclic) bond motifs is 2. The van der Waals surface area contributed by atoms with E-state index in [1.807, 2.05) is 0 Å². The van der Waals surface area contributed by atoms with Crippen molar-refractivity contribution in [2.75, 3.05) is 54.1 Å². The van der Waals surface area contributed by atoms with Crippen LogP contribution in [0.1, 0.15) is 36.5 Å². The molecule has 17 nitrogen and oxygen atoms in total. The predicted molar refractivity (Wildman–Crippen MR) is 231 cm³/mol. The highest BCUT2D eigenvalue weighted by molar-refractivity contribution is 6.11. The van der Waals surface area contributed by atoms with Gasteiger partial charge in [-0.05, 0) is 70.2 Å². The number of aromatic nitrogens is 4. The van der Waals surface area contributed by atoms with Crippen molar-refractivity contribution in [2.45, 2.75) is 40.0 Å². The number of hydrogen-bond donors (Lipinski definition) is 0. The molecule has 0 bridgehead atoms. The van der Waals surface area contributed by atoms with Gasteiger partial charge >= 0.3 is 30.6 Å². The van der Waals surface area contributed by atoms with Gasteiger partial charge in [0.25, 0.3) is 11.8 Å². The molecule has 8 rings (SSSR count). The van der Waals surface area contributed by atoms with Crippen LogP contribution in [0.5, 0.6) is 23.3 Å². The molecular weight excluding hydrogens is 911 g/mol. The third-order valence-corrected chi connectivity index (χ3v) is 10.2. The molecule has 4 amide bonds. The minimum absolute atomic E-state index is 0.00985. The zero-order valence-electron chi connectivity index (χ0n) is 36.3. The van der Waals surface area contributed by atoms with Gasteiger partial charge in [0.1, 0.15) is 28.3 Å². The quantitative estimate of drug-likeness (QED) is 0.118. The number of rotatable bonds is 10. The largest absolute Gasteiger partial charge is 0.475 e. The van der Waals surface area contributed by atoms with Crippen molar-refractivity contribution in [1.82, 2.24) is 24.8 Å². The molecule has 0 spiro atoms. The number of piperazine rings is 1. The van der Waals surface area contributed by atoms with Gasteiger partial charge in [-0.15, -0.1) is 0 Å². The lowest BCUT2D eigenvalue weighted by atomic mass is 10.1. The fraction of sp³-hybridized carbons (Fsp3) is 0.267. The number of halogens is 6. The first kappa shape index (κ1) is 46.4. The Morgan fingerprint density at radius 1 is 0.647 bits per heavy atom. The third-order valence-electron chi connectivity index (χ3n) is 10.2. The van der Waals surface area contributed by atoms with Crippen LogP contribution in [0.4, 0.5) is 63.7 Å². The summed E-state index contributed by atoms with van der Waals surface area (Å²) in [5.74, 6) is -0.668. The Kier molecular flexibility index (Phi) is 12.7. The summed E-state index contributed by atoms with van der Waals surface area (Å²) >= 11 is 0. The molecule has 1 aliphatic rings. The summed E-state index contributed by atoms with van der Waals surface area (Å²) in [6.07, 6.45) is -12.9. The Morgan fingerprint density at radius 2 is 1.16 bits per heavy atom. The van der Waals surface area contributed by atoms with Crippen molar-refractivity contribution in [3.05, 3.63) is 108 Å². The van der Waals surface area contributed by atoms with Gasteiger partial charge in [0.05, 0.1) is 30.0 Å². The highest BCUT2D eigenvalue weighted by Crippen LogP contribution is 2.42. The number of nitrogens with zero attached hydrogens (tertiary/aromatic N) is 8. The van der Waals surface area contributed by atoms with Crippen LogP contribution in [0.3, 0.4) is 0 Å². The number of aryl methyl sites for hydroxylation is 2. The maximum absolute atomic E-state index is 15.1. The van der Waals surface area contributed by atoms with E-state index >= 15 is 4.79 Å². The molecule has 1 aliphatic heterocycles. The number of urea groups is 1. The van der Waals surface area contributed by atoms with Crippen LogP contribution >= 0.6 is 0 Å². The van der Waals surface area contributed by atoms with E-state index < -0.39 is 47.5 Å². The minimum atomic E-state index is -5.08. The standard InChI is InChI=1S/C45H38F6N8O9/c1-5-63-39-35(52-31-20-25(3)65-37(31)54-39)58(41(60)57-18-16-56(17-19-57)29-23-27(44(46,47)48)22-28(24-29)45(49,50)51)33-14-10-11-15-34(33)68-43(62)59(42(61)67-30-12-8-7-9-13-30)36-40(64-6-2)55-38-32(53-36)21-26(4)66-38/h7-15,20-24H,5-6,16-19H2,1-4H3. The fourth-order valence-corrected chi connectivity index (χ4v) is 7.14. The van der Waals surface area contributed by atoms with Crippen LogP contribution in [0.25, 0.3) is 22.5 Å². The van der Waals surface area contributed by atoms with Gasteiger partial charge in [-0.1, -0.05) is 30.3 Å². The summed E-state index contributed by atoms with van der Waals surface area (Å²) in [6.45, 7) is 5.71. The summed E-state index contributed by atoms with van der Waals surface area (Å²) in [5.41, 5.74) is -3.08. The van der Waals surface area contributed by atoms with E-state index in [0.29, 0.717) is 28.6 Å². The van der Waals surface area contributed by atoms with E-state index in [1.54, 1.807) is 52.0 Å². The van der Waals surface area contributed by atoms with E-state index in [9.17, 15) is 35.9 Å². The summed E-state index contributed by atoms with van der Waals surface area (Å²) in [4.78, 5) is 65.9. The lowest BCUT2D eigenvalue weighted by Gasteiger charge is -2.38. The van der Waals surface area contributed by atoms with E-state index in [-0.39, 0.29) is 108 Å². The first-order chi connectivity index (χ1) is 32.4. The number of hydrogen-bond acceptors (Lipinski definition) is 14. The van der Waals surface area contributed by atoms with Gasteiger partial charge in [0.2, 0.25) is 23.1 Å². The lowest BCUT2D eigenvalue weighted by Crippen LogP contribution is -2.52. The smallest absolute Gasteiger partial charge is 0.431 e. The molecule has 3 aromatic carbocycles. The Labute approximate surface area is 381 Å². The number of benzene rings is 3. The van der Waals surface area contributed by atoms with Crippen molar-refractivity contribution in [1.29, 1.82) is 0 Å². The number of carbonyl (C=O) groups is 3. The molecular formula is C45H38F6N8O9. The summed E-state index contributed by atoms with van der Waals surface area (Å²) < 4.78 is 117. The fourth-order valence-electron chi connectivity index (χ4n) is 7.14. The van der Waals surface area contributed by atoms with Gasteiger partial charge in [-0.25, -0.2) is 29.3 Å². The van der Waals surface area contributed by atoms with E-state index in [0.717, 1.165) is 4.90 Å². The molecule has 0 radical (unpaired) electrons. The van der Waals surface area contributed by atoms with Crippen LogP contribution in [-0.2, 0) is 12.4 Å². The molecule has 1 saturated heterocycles. The molecule has 0 unspecified atom stereocenters. The SMILES string of the molecule is CCOc1nc2oc(C)cc2nc1N(C(=O)Oc1ccccc1)C(=O)Oc1ccccc1N(C(=O)N1CCN(c2cc(C(F)(F)F)cc(C(F)(F)F)c2)CC1)c1nc2cc(C)oc2nc1OCC. The first-order valence-electron chi connectivity index (χ1n) is 20.7. The van der Waals surface area contributed by atoms with Crippen LogP contribution in [0.15, 0.2) is 93.8 Å². The van der Waals surface area contributed by atoms with E-state index in [1.165, 1.54) is 52.3 Å². The zero-order chi connectivity index (χ0) is 48.5. The summed E-state index contributed by atoms with van der Waals surface area (Å²) in [7, 11) is 0.